The summed E-state index contributed by atoms with van der Waals surface area (Å²) in [4.78, 5) is 20.8. The van der Waals surface area contributed by atoms with Crippen molar-refractivity contribution in [2.45, 2.75) is 13.0 Å². The standard InChI is InChI=1S/C20H16N4O2/c25-19(12-17-16-5-1-2-6-18(16)26-24-17)23-13-15-4-3-9-22-20(15)14-7-10-21-11-8-14/h1-11H,12-13H2,(H,23,25). The van der Waals surface area contributed by atoms with Gasteiger partial charge < -0.3 is 9.84 Å². The second-order valence-corrected chi connectivity index (χ2v) is 5.83. The summed E-state index contributed by atoms with van der Waals surface area (Å²) in [6.45, 7) is 0.389. The Balaban J connectivity index is 1.47. The molecular weight excluding hydrogens is 328 g/mol. The van der Waals surface area contributed by atoms with Crippen molar-refractivity contribution in [3.63, 3.8) is 0 Å². The number of nitrogens with one attached hydrogen (secondary N) is 1. The van der Waals surface area contributed by atoms with Crippen LogP contribution in [0, 0.1) is 0 Å². The Kier molecular flexibility index (Phi) is 4.38. The molecule has 0 aliphatic rings. The van der Waals surface area contributed by atoms with Gasteiger partial charge in [-0.15, -0.1) is 0 Å². The highest BCUT2D eigenvalue weighted by atomic mass is 16.5. The van der Waals surface area contributed by atoms with Gasteiger partial charge in [-0.2, -0.15) is 0 Å². The highest BCUT2D eigenvalue weighted by Gasteiger charge is 2.13. The lowest BCUT2D eigenvalue weighted by Gasteiger charge is -2.09. The number of benzene rings is 1. The lowest BCUT2D eigenvalue weighted by molar-refractivity contribution is -0.120. The fourth-order valence-corrected chi connectivity index (χ4v) is 2.82. The fourth-order valence-electron chi connectivity index (χ4n) is 2.82. The van der Waals surface area contributed by atoms with Crippen molar-refractivity contribution >= 4 is 16.9 Å². The van der Waals surface area contributed by atoms with Gasteiger partial charge in [-0.25, -0.2) is 0 Å². The predicted molar refractivity (Wildman–Crippen MR) is 97.0 cm³/mol. The van der Waals surface area contributed by atoms with E-state index in [-0.39, 0.29) is 12.3 Å². The summed E-state index contributed by atoms with van der Waals surface area (Å²) in [5, 5.41) is 7.80. The number of nitrogens with zero attached hydrogens (tertiary/aromatic N) is 3. The van der Waals surface area contributed by atoms with Crippen molar-refractivity contribution in [3.05, 3.63) is 78.4 Å². The molecule has 0 atom stereocenters. The molecule has 0 saturated heterocycles. The normalized spacial score (nSPS) is 10.8. The molecule has 6 nitrogen and oxygen atoms in total. The van der Waals surface area contributed by atoms with Crippen LogP contribution in [0.4, 0.5) is 0 Å². The lowest BCUT2D eigenvalue weighted by Crippen LogP contribution is -2.25. The Morgan fingerprint density at radius 2 is 1.85 bits per heavy atom. The molecule has 26 heavy (non-hydrogen) atoms. The Morgan fingerprint density at radius 3 is 2.73 bits per heavy atom. The van der Waals surface area contributed by atoms with Crippen molar-refractivity contribution < 1.29 is 9.32 Å². The molecular formula is C20H16N4O2. The SMILES string of the molecule is O=C(Cc1noc2ccccc12)NCc1cccnc1-c1ccncc1. The van der Waals surface area contributed by atoms with Crippen LogP contribution >= 0.6 is 0 Å². The quantitative estimate of drug-likeness (QED) is 0.601. The zero-order chi connectivity index (χ0) is 17.8. The molecule has 1 N–H and O–H groups in total. The van der Waals surface area contributed by atoms with Crippen molar-refractivity contribution in [2.24, 2.45) is 0 Å². The number of hydrogen-bond acceptors (Lipinski definition) is 5. The van der Waals surface area contributed by atoms with Gasteiger partial charge in [0.25, 0.3) is 0 Å². The maximum absolute atomic E-state index is 12.4. The van der Waals surface area contributed by atoms with E-state index in [2.05, 4.69) is 20.4 Å². The Bertz CT molecular complexity index is 1040. The molecule has 4 rings (SSSR count). The summed E-state index contributed by atoms with van der Waals surface area (Å²) in [5.74, 6) is -0.117. The monoisotopic (exact) mass is 344 g/mol. The minimum absolute atomic E-state index is 0.117. The highest BCUT2D eigenvalue weighted by Crippen LogP contribution is 2.20. The van der Waals surface area contributed by atoms with Crippen LogP contribution in [0.25, 0.3) is 22.2 Å². The van der Waals surface area contributed by atoms with E-state index < -0.39 is 0 Å². The van der Waals surface area contributed by atoms with Gasteiger partial charge in [0.1, 0.15) is 5.69 Å². The van der Waals surface area contributed by atoms with Gasteiger partial charge in [0.2, 0.25) is 5.91 Å². The fraction of sp³-hybridized carbons (Fsp3) is 0.100. The minimum Gasteiger partial charge on any atom is -0.356 e. The smallest absolute Gasteiger partial charge is 0.226 e. The van der Waals surface area contributed by atoms with Gasteiger partial charge in [0.05, 0.1) is 12.1 Å². The van der Waals surface area contributed by atoms with Crippen LogP contribution in [0.2, 0.25) is 0 Å². The second-order valence-electron chi connectivity index (χ2n) is 5.83. The molecule has 3 aromatic heterocycles. The third-order valence-electron chi connectivity index (χ3n) is 4.10. The van der Waals surface area contributed by atoms with Crippen molar-refractivity contribution in [1.82, 2.24) is 20.4 Å². The summed E-state index contributed by atoms with van der Waals surface area (Å²) in [5.41, 5.74) is 4.06. The zero-order valence-corrected chi connectivity index (χ0v) is 13.9. The molecule has 3 heterocycles. The van der Waals surface area contributed by atoms with Gasteiger partial charge in [0.15, 0.2) is 5.58 Å². The highest BCUT2D eigenvalue weighted by molar-refractivity contribution is 5.86. The maximum Gasteiger partial charge on any atom is 0.226 e. The molecule has 0 bridgehead atoms. The molecule has 128 valence electrons. The Labute approximate surface area is 149 Å². The van der Waals surface area contributed by atoms with E-state index in [0.29, 0.717) is 17.8 Å². The van der Waals surface area contributed by atoms with Crippen LogP contribution in [-0.2, 0) is 17.8 Å². The number of amides is 1. The topological polar surface area (TPSA) is 80.9 Å². The molecule has 0 radical (unpaired) electrons. The summed E-state index contributed by atoms with van der Waals surface area (Å²) in [6, 6.07) is 15.1. The Morgan fingerprint density at radius 1 is 1.00 bits per heavy atom. The van der Waals surface area contributed by atoms with Crippen LogP contribution in [0.1, 0.15) is 11.3 Å². The van der Waals surface area contributed by atoms with Crippen molar-refractivity contribution in [2.75, 3.05) is 0 Å². The number of para-hydroxylation sites is 1. The first kappa shape index (κ1) is 16.0. The van der Waals surface area contributed by atoms with Crippen LogP contribution < -0.4 is 5.32 Å². The molecule has 0 unspecified atom stereocenters. The van der Waals surface area contributed by atoms with E-state index in [1.165, 1.54) is 0 Å². The van der Waals surface area contributed by atoms with E-state index >= 15 is 0 Å². The molecule has 0 aliphatic heterocycles. The number of pyridine rings is 2. The van der Waals surface area contributed by atoms with E-state index in [4.69, 9.17) is 4.52 Å². The lowest BCUT2D eigenvalue weighted by atomic mass is 10.1. The van der Waals surface area contributed by atoms with Crippen LogP contribution in [-0.4, -0.2) is 21.0 Å². The molecule has 0 spiro atoms. The van der Waals surface area contributed by atoms with Crippen LogP contribution in [0.5, 0.6) is 0 Å². The number of carbonyl (C=O) groups excluding carboxylic acids is 1. The van der Waals surface area contributed by atoms with Crippen molar-refractivity contribution in [3.8, 4) is 11.3 Å². The zero-order valence-electron chi connectivity index (χ0n) is 13.9. The molecule has 6 heteroatoms. The molecule has 1 aromatic carbocycles. The van der Waals surface area contributed by atoms with Crippen molar-refractivity contribution in [1.29, 1.82) is 0 Å². The maximum atomic E-state index is 12.4. The third-order valence-corrected chi connectivity index (χ3v) is 4.10. The summed E-state index contributed by atoms with van der Waals surface area (Å²) >= 11 is 0. The molecule has 0 saturated carbocycles. The Hall–Kier alpha value is -3.54. The van der Waals surface area contributed by atoms with Gasteiger partial charge in [-0.05, 0) is 35.9 Å². The number of carbonyl (C=O) groups is 1. The van der Waals surface area contributed by atoms with E-state index in [9.17, 15) is 4.79 Å². The van der Waals surface area contributed by atoms with E-state index in [0.717, 1.165) is 22.2 Å². The first-order valence-electron chi connectivity index (χ1n) is 8.25. The molecule has 1 amide bonds. The number of aromatic nitrogens is 3. The number of fused-ring (bicyclic) bond motifs is 1. The molecule has 4 aromatic rings. The van der Waals surface area contributed by atoms with Crippen LogP contribution in [0.3, 0.4) is 0 Å². The van der Waals surface area contributed by atoms with E-state index in [1.807, 2.05) is 48.5 Å². The van der Waals surface area contributed by atoms with Gasteiger partial charge in [-0.1, -0.05) is 23.4 Å². The average Bonchev–Trinajstić information content (AvgIpc) is 3.10. The summed E-state index contributed by atoms with van der Waals surface area (Å²) < 4.78 is 5.24. The summed E-state index contributed by atoms with van der Waals surface area (Å²) in [7, 11) is 0. The first-order chi connectivity index (χ1) is 12.8. The molecule has 0 aliphatic carbocycles. The first-order valence-corrected chi connectivity index (χ1v) is 8.25. The second kappa shape index (κ2) is 7.14. The minimum atomic E-state index is -0.117. The third kappa shape index (κ3) is 3.30. The largest absolute Gasteiger partial charge is 0.356 e. The van der Waals surface area contributed by atoms with E-state index in [1.54, 1.807) is 18.6 Å². The van der Waals surface area contributed by atoms with Gasteiger partial charge in [-0.3, -0.25) is 14.8 Å². The summed E-state index contributed by atoms with van der Waals surface area (Å²) in [6.07, 6.45) is 5.36. The predicted octanol–water partition coefficient (Wildman–Crippen LogP) is 3.14. The van der Waals surface area contributed by atoms with Gasteiger partial charge >= 0.3 is 0 Å². The van der Waals surface area contributed by atoms with Gasteiger partial charge in [0, 0.05) is 36.1 Å². The molecule has 0 fully saturated rings. The number of rotatable bonds is 5. The average molecular weight is 344 g/mol. The van der Waals surface area contributed by atoms with Crippen LogP contribution in [0.15, 0.2) is 71.6 Å². The number of hydrogen-bond donors (Lipinski definition) is 1.